The number of rotatable bonds is 57. The molecule has 0 saturated heterocycles. The van der Waals surface area contributed by atoms with E-state index in [1.54, 1.807) is 0 Å². The van der Waals surface area contributed by atoms with E-state index in [4.69, 9.17) is 9.47 Å². The number of unbranched alkanes of at least 4 members (excludes halogenated alkanes) is 31. The molecule has 424 valence electrons. The van der Waals surface area contributed by atoms with Gasteiger partial charge in [-0.3, -0.25) is 9.59 Å². The van der Waals surface area contributed by atoms with Crippen LogP contribution in [0.3, 0.4) is 0 Å². The molecule has 0 aliphatic carbocycles. The lowest BCUT2D eigenvalue weighted by Crippen LogP contribution is -2.28. The molecule has 1 atom stereocenters. The van der Waals surface area contributed by atoms with Crippen molar-refractivity contribution in [3.63, 3.8) is 0 Å². The van der Waals surface area contributed by atoms with Gasteiger partial charge in [0.15, 0.2) is 6.10 Å². The Hall–Kier alpha value is -3.44. The quantitative estimate of drug-likeness (QED) is 0.0373. The van der Waals surface area contributed by atoms with Gasteiger partial charge in [0.2, 0.25) is 0 Å². The molecule has 0 rings (SSSR count). The highest BCUT2D eigenvalue weighted by Gasteiger charge is 2.16. The van der Waals surface area contributed by atoms with E-state index >= 15 is 0 Å². The molecule has 1 N–H and O–H groups in total. The monoisotopic (exact) mass is 1030 g/mol. The van der Waals surface area contributed by atoms with Gasteiger partial charge in [-0.2, -0.15) is 0 Å². The number of aliphatic hydroxyl groups is 1. The first-order valence-corrected chi connectivity index (χ1v) is 31.4. The Morgan fingerprint density at radius 3 is 0.878 bits per heavy atom. The minimum atomic E-state index is -0.784. The van der Waals surface area contributed by atoms with Crippen molar-refractivity contribution < 1.29 is 24.2 Å². The second-order valence-electron chi connectivity index (χ2n) is 20.8. The summed E-state index contributed by atoms with van der Waals surface area (Å²) < 4.78 is 10.7. The van der Waals surface area contributed by atoms with Gasteiger partial charge in [0.25, 0.3) is 0 Å². The van der Waals surface area contributed by atoms with Gasteiger partial charge in [-0.1, -0.05) is 309 Å². The van der Waals surface area contributed by atoms with Gasteiger partial charge in [-0.15, -0.1) is 0 Å². The average molecular weight is 1030 g/mol. The van der Waals surface area contributed by atoms with Gasteiger partial charge in [0, 0.05) is 12.8 Å². The van der Waals surface area contributed by atoms with Crippen LogP contribution in [0.25, 0.3) is 0 Å². The molecule has 0 heterocycles. The normalized spacial score (nSPS) is 13.0. The number of aliphatic hydroxyl groups excluding tert-OH is 1. The molecule has 0 fully saturated rings. The fourth-order valence-electron chi connectivity index (χ4n) is 8.90. The topological polar surface area (TPSA) is 72.8 Å². The molecule has 0 aromatic rings. The largest absolute Gasteiger partial charge is 0.462 e. The first-order chi connectivity index (χ1) is 36.6. The van der Waals surface area contributed by atoms with Gasteiger partial charge >= 0.3 is 11.9 Å². The van der Waals surface area contributed by atoms with E-state index in [0.717, 1.165) is 103 Å². The highest BCUT2D eigenvalue weighted by Crippen LogP contribution is 2.17. The molecule has 0 radical (unpaired) electrons. The molecule has 74 heavy (non-hydrogen) atoms. The van der Waals surface area contributed by atoms with Crippen LogP contribution in [0.15, 0.2) is 109 Å². The van der Waals surface area contributed by atoms with E-state index in [-0.39, 0.29) is 25.2 Å². The first kappa shape index (κ1) is 70.6. The summed E-state index contributed by atoms with van der Waals surface area (Å²) in [6.07, 6.45) is 92.2. The van der Waals surface area contributed by atoms with Crippen LogP contribution < -0.4 is 0 Å². The fourth-order valence-corrected chi connectivity index (χ4v) is 8.90. The van der Waals surface area contributed by atoms with Crippen molar-refractivity contribution in [2.24, 2.45) is 0 Å². The third kappa shape index (κ3) is 61.1. The van der Waals surface area contributed by atoms with Gasteiger partial charge in [-0.05, 0) is 83.5 Å². The Bertz CT molecular complexity index is 1440. The zero-order valence-corrected chi connectivity index (χ0v) is 48.6. The molecule has 0 bridgehead atoms. The summed E-state index contributed by atoms with van der Waals surface area (Å²) in [5.74, 6) is -0.597. The zero-order valence-electron chi connectivity index (χ0n) is 48.6. The first-order valence-electron chi connectivity index (χ1n) is 31.4. The number of carbonyl (C=O) groups is 2. The zero-order chi connectivity index (χ0) is 53.4. The summed E-state index contributed by atoms with van der Waals surface area (Å²) in [5.41, 5.74) is 0. The van der Waals surface area contributed by atoms with E-state index in [2.05, 4.69) is 123 Å². The number of hydrogen-bond donors (Lipinski definition) is 1. The van der Waals surface area contributed by atoms with Gasteiger partial charge in [-0.25, -0.2) is 0 Å². The highest BCUT2D eigenvalue weighted by atomic mass is 16.6. The minimum absolute atomic E-state index is 0.0726. The lowest BCUT2D eigenvalue weighted by atomic mass is 10.0. The molecule has 0 aromatic carbocycles. The van der Waals surface area contributed by atoms with Gasteiger partial charge in [0.05, 0.1) is 6.61 Å². The van der Waals surface area contributed by atoms with Crippen molar-refractivity contribution in [3.8, 4) is 0 Å². The predicted octanol–water partition coefficient (Wildman–Crippen LogP) is 21.6. The Morgan fingerprint density at radius 2 is 0.581 bits per heavy atom. The van der Waals surface area contributed by atoms with E-state index in [1.807, 2.05) is 0 Å². The van der Waals surface area contributed by atoms with Crippen LogP contribution in [0.1, 0.15) is 296 Å². The molecule has 0 aromatic heterocycles. The van der Waals surface area contributed by atoms with Crippen LogP contribution in [0.4, 0.5) is 0 Å². The fraction of sp³-hybridized carbons (Fsp3) is 0.710. The van der Waals surface area contributed by atoms with Gasteiger partial charge < -0.3 is 14.6 Å². The summed E-state index contributed by atoms with van der Waals surface area (Å²) in [4.78, 5) is 24.6. The minimum Gasteiger partial charge on any atom is -0.462 e. The van der Waals surface area contributed by atoms with Crippen molar-refractivity contribution in [1.82, 2.24) is 0 Å². The molecule has 0 spiro atoms. The highest BCUT2D eigenvalue weighted by molar-refractivity contribution is 5.70. The van der Waals surface area contributed by atoms with E-state index in [0.29, 0.717) is 12.8 Å². The second-order valence-corrected chi connectivity index (χ2v) is 20.8. The maximum absolute atomic E-state index is 12.3. The predicted molar refractivity (Wildman–Crippen MR) is 325 cm³/mol. The van der Waals surface area contributed by atoms with E-state index in [1.165, 1.54) is 167 Å². The molecular weight excluding hydrogens is 909 g/mol. The number of carbonyl (C=O) groups excluding carboxylic acids is 2. The third-order valence-corrected chi connectivity index (χ3v) is 13.6. The SMILES string of the molecule is CC/C=C\C/C=C\C/C=C\C/C=C\C/C=C\C/C=C\C/C=C\C/C=C\C/C=C\CCCCCCCCCC(=O)OC(CO)COC(=O)CCCCCCCCCCCCCCCCCCCCCCCCCCC. The summed E-state index contributed by atoms with van der Waals surface area (Å²) in [5, 5.41) is 9.68. The van der Waals surface area contributed by atoms with Gasteiger partial charge in [0.1, 0.15) is 6.61 Å². The molecule has 1 unspecified atom stereocenters. The number of hydrogen-bond acceptors (Lipinski definition) is 5. The molecule has 5 nitrogen and oxygen atoms in total. The number of ether oxygens (including phenoxy) is 2. The van der Waals surface area contributed by atoms with E-state index < -0.39 is 6.10 Å². The van der Waals surface area contributed by atoms with Crippen molar-refractivity contribution in [1.29, 1.82) is 0 Å². The molecule has 0 aliphatic rings. The summed E-state index contributed by atoms with van der Waals surface area (Å²) in [7, 11) is 0. The molecule has 0 saturated carbocycles. The number of esters is 2. The molecule has 0 amide bonds. The van der Waals surface area contributed by atoms with Crippen LogP contribution in [0.5, 0.6) is 0 Å². The third-order valence-electron chi connectivity index (χ3n) is 13.6. The van der Waals surface area contributed by atoms with Crippen LogP contribution in [-0.2, 0) is 19.1 Å². The van der Waals surface area contributed by atoms with Crippen molar-refractivity contribution in [2.75, 3.05) is 13.2 Å². The Balaban J connectivity index is 3.55. The summed E-state index contributed by atoms with van der Waals surface area (Å²) >= 11 is 0. The molecule has 5 heteroatoms. The van der Waals surface area contributed by atoms with Crippen molar-refractivity contribution in [2.45, 2.75) is 302 Å². The van der Waals surface area contributed by atoms with Crippen LogP contribution >= 0.6 is 0 Å². The average Bonchev–Trinajstić information content (AvgIpc) is 3.40. The Labute approximate surface area is 459 Å². The lowest BCUT2D eigenvalue weighted by molar-refractivity contribution is -0.161. The van der Waals surface area contributed by atoms with Crippen LogP contribution in [0.2, 0.25) is 0 Å². The smallest absolute Gasteiger partial charge is 0.306 e. The van der Waals surface area contributed by atoms with Crippen molar-refractivity contribution in [3.05, 3.63) is 109 Å². The Kier molecular flexibility index (Phi) is 60.9. The lowest BCUT2D eigenvalue weighted by Gasteiger charge is -2.15. The van der Waals surface area contributed by atoms with Crippen LogP contribution in [0, 0.1) is 0 Å². The standard InChI is InChI=1S/C69H118O5/c1-3-5-7-9-11-13-15-17-19-21-23-25-27-29-30-31-32-33-34-35-36-37-38-40-42-44-46-48-50-52-54-56-58-60-62-64-69(72)74-67(65-70)66-73-68(71)63-61-59-57-55-53-51-49-47-45-43-41-39-28-26-24-22-20-18-16-14-12-10-8-6-4-2/h5,7,11,13,17,19,23,25,29-30,32-33,35-36,38,40,44,46,67,70H,3-4,6,8-10,12,14-16,18,20-22,24,26-28,31,34,37,39,41-43,45,47-66H2,1-2H3/b7-5-,13-11-,19-17-,25-23-,30-29-,33-32-,36-35-,40-38-,46-44-. The van der Waals surface area contributed by atoms with E-state index in [9.17, 15) is 14.7 Å². The van der Waals surface area contributed by atoms with Crippen molar-refractivity contribution >= 4 is 11.9 Å². The summed E-state index contributed by atoms with van der Waals surface area (Å²) in [6, 6.07) is 0. The maximum Gasteiger partial charge on any atom is 0.306 e. The molecule has 0 aliphatic heterocycles. The number of allylic oxidation sites excluding steroid dienone is 18. The Morgan fingerprint density at radius 1 is 0.324 bits per heavy atom. The molecular formula is C69H118O5. The second kappa shape index (κ2) is 63.8. The van der Waals surface area contributed by atoms with Crippen LogP contribution in [-0.4, -0.2) is 36.4 Å². The maximum atomic E-state index is 12.3. The summed E-state index contributed by atoms with van der Waals surface area (Å²) in [6.45, 7) is 4.05.